The van der Waals surface area contributed by atoms with Crippen LogP contribution in [-0.4, -0.2) is 65.8 Å². The number of aliphatic hydroxyl groups is 1. The van der Waals surface area contributed by atoms with Crippen molar-refractivity contribution in [2.24, 2.45) is 0 Å². The van der Waals surface area contributed by atoms with Gasteiger partial charge >= 0.3 is 0 Å². The molecule has 5 nitrogen and oxygen atoms in total. The van der Waals surface area contributed by atoms with Crippen molar-refractivity contribution in [3.8, 4) is 0 Å². The number of β-amino-alcohol motifs (C(OH)–C–C–N with tert-alkyl or cyclic N) is 1. The second-order valence-corrected chi connectivity index (χ2v) is 7.32. The zero-order valence-electron chi connectivity index (χ0n) is 15.1. The number of benzene rings is 1. The number of carbonyl (C=O) groups excluding carboxylic acids is 1. The minimum absolute atomic E-state index is 0.171. The van der Waals surface area contributed by atoms with Crippen molar-refractivity contribution in [1.82, 2.24) is 9.80 Å². The van der Waals surface area contributed by atoms with Crippen LogP contribution in [0.25, 0.3) is 0 Å². The molecule has 3 rings (SSSR count). The van der Waals surface area contributed by atoms with Gasteiger partial charge in [-0.05, 0) is 43.4 Å². The summed E-state index contributed by atoms with van der Waals surface area (Å²) in [6, 6.07) is 3.63. The number of amides is 1. The molecule has 1 aromatic carbocycles. The molecular formula is C19H26F2N2O3. The number of ether oxygens (including phenoxy) is 1. The highest BCUT2D eigenvalue weighted by atomic mass is 19.2. The van der Waals surface area contributed by atoms with Gasteiger partial charge in [0.2, 0.25) is 0 Å². The minimum Gasteiger partial charge on any atom is -0.381 e. The van der Waals surface area contributed by atoms with Crippen molar-refractivity contribution in [3.05, 3.63) is 35.4 Å². The first-order valence-electron chi connectivity index (χ1n) is 9.12. The standard InChI is InChI=1S/C19H26F2N2O3/c1-26-15-5-9-22(10-6-15)13-19(25)7-2-8-23(18(19)24)12-14-3-4-16(20)17(21)11-14/h3-4,11,15,25H,2,5-10,12-13H2,1H3/t19-/m0/s1. The minimum atomic E-state index is -1.42. The summed E-state index contributed by atoms with van der Waals surface area (Å²) in [6.07, 6.45) is 3.12. The zero-order chi connectivity index (χ0) is 18.7. The number of hydrogen-bond acceptors (Lipinski definition) is 4. The fraction of sp³-hybridized carbons (Fsp3) is 0.632. The van der Waals surface area contributed by atoms with Crippen LogP contribution >= 0.6 is 0 Å². The van der Waals surface area contributed by atoms with E-state index in [-0.39, 0.29) is 18.6 Å². The lowest BCUT2D eigenvalue weighted by molar-refractivity contribution is -0.161. The summed E-state index contributed by atoms with van der Waals surface area (Å²) in [6.45, 7) is 2.56. The average Bonchev–Trinajstić information content (AvgIpc) is 2.63. The van der Waals surface area contributed by atoms with E-state index in [9.17, 15) is 18.7 Å². The molecule has 26 heavy (non-hydrogen) atoms. The molecular weight excluding hydrogens is 342 g/mol. The molecule has 2 heterocycles. The predicted octanol–water partition coefficient (Wildman–Crippen LogP) is 1.93. The molecule has 1 atom stereocenters. The van der Waals surface area contributed by atoms with E-state index in [0.29, 0.717) is 31.5 Å². The summed E-state index contributed by atoms with van der Waals surface area (Å²) in [5, 5.41) is 11.0. The Morgan fingerprint density at radius 3 is 2.62 bits per heavy atom. The van der Waals surface area contributed by atoms with Crippen molar-refractivity contribution in [1.29, 1.82) is 0 Å². The third kappa shape index (κ3) is 4.22. The van der Waals surface area contributed by atoms with Gasteiger partial charge < -0.3 is 14.7 Å². The maximum Gasteiger partial charge on any atom is 0.256 e. The lowest BCUT2D eigenvalue weighted by Gasteiger charge is -2.42. The molecule has 0 aromatic heterocycles. The number of likely N-dealkylation sites (tertiary alicyclic amines) is 2. The largest absolute Gasteiger partial charge is 0.381 e. The fourth-order valence-corrected chi connectivity index (χ4v) is 3.89. The van der Waals surface area contributed by atoms with Crippen molar-refractivity contribution in [2.75, 3.05) is 33.3 Å². The molecule has 2 aliphatic rings. The summed E-state index contributed by atoms with van der Waals surface area (Å²) in [5.41, 5.74) is -0.904. The first-order chi connectivity index (χ1) is 12.4. The number of halogens is 2. The summed E-state index contributed by atoms with van der Waals surface area (Å²) in [7, 11) is 1.70. The third-order valence-electron chi connectivity index (χ3n) is 5.41. The molecule has 144 valence electrons. The van der Waals surface area contributed by atoms with Gasteiger partial charge in [-0.2, -0.15) is 0 Å². The van der Waals surface area contributed by atoms with Gasteiger partial charge in [-0.3, -0.25) is 9.69 Å². The van der Waals surface area contributed by atoms with Gasteiger partial charge in [0, 0.05) is 39.8 Å². The van der Waals surface area contributed by atoms with Gasteiger partial charge in [0.1, 0.15) is 0 Å². The summed E-state index contributed by atoms with van der Waals surface area (Å²) in [4.78, 5) is 16.5. The smallest absolute Gasteiger partial charge is 0.256 e. The first-order valence-corrected chi connectivity index (χ1v) is 9.12. The molecule has 2 fully saturated rings. The van der Waals surface area contributed by atoms with E-state index in [1.807, 2.05) is 0 Å². The van der Waals surface area contributed by atoms with Crippen LogP contribution in [0.5, 0.6) is 0 Å². The Labute approximate surface area is 152 Å². The number of rotatable bonds is 5. The third-order valence-corrected chi connectivity index (χ3v) is 5.41. The Morgan fingerprint density at radius 1 is 1.23 bits per heavy atom. The van der Waals surface area contributed by atoms with Crippen LogP contribution < -0.4 is 0 Å². The van der Waals surface area contributed by atoms with Gasteiger partial charge in [0.05, 0.1) is 6.10 Å². The maximum atomic E-state index is 13.4. The molecule has 0 spiro atoms. The van der Waals surface area contributed by atoms with E-state index in [0.717, 1.165) is 38.1 Å². The van der Waals surface area contributed by atoms with E-state index in [1.54, 1.807) is 7.11 Å². The number of nitrogens with zero attached hydrogens (tertiary/aromatic N) is 2. The van der Waals surface area contributed by atoms with Crippen LogP contribution in [0.2, 0.25) is 0 Å². The molecule has 0 bridgehead atoms. The molecule has 2 saturated heterocycles. The molecule has 7 heteroatoms. The molecule has 1 N–H and O–H groups in total. The second kappa shape index (κ2) is 7.98. The Morgan fingerprint density at radius 2 is 1.96 bits per heavy atom. The van der Waals surface area contributed by atoms with Crippen LogP contribution in [0.4, 0.5) is 8.78 Å². The zero-order valence-corrected chi connectivity index (χ0v) is 15.1. The lowest BCUT2D eigenvalue weighted by atomic mass is 9.90. The highest BCUT2D eigenvalue weighted by Gasteiger charge is 2.43. The van der Waals surface area contributed by atoms with Crippen molar-refractivity contribution in [2.45, 2.75) is 43.9 Å². The predicted molar refractivity (Wildman–Crippen MR) is 92.4 cm³/mol. The average molecular weight is 368 g/mol. The Hall–Kier alpha value is -1.57. The van der Waals surface area contributed by atoms with Crippen LogP contribution in [0.15, 0.2) is 18.2 Å². The van der Waals surface area contributed by atoms with Gasteiger partial charge in [-0.15, -0.1) is 0 Å². The lowest BCUT2D eigenvalue weighted by Crippen LogP contribution is -2.59. The topological polar surface area (TPSA) is 53.0 Å². The summed E-state index contributed by atoms with van der Waals surface area (Å²) < 4.78 is 31.8. The van der Waals surface area contributed by atoms with E-state index in [4.69, 9.17) is 4.74 Å². The van der Waals surface area contributed by atoms with Gasteiger partial charge in [0.25, 0.3) is 5.91 Å². The van der Waals surface area contributed by atoms with E-state index in [1.165, 1.54) is 11.0 Å². The number of piperidine rings is 2. The Balaban J connectivity index is 1.63. The molecule has 0 unspecified atom stereocenters. The van der Waals surface area contributed by atoms with Crippen LogP contribution in [0, 0.1) is 11.6 Å². The monoisotopic (exact) mass is 368 g/mol. The molecule has 1 aromatic rings. The van der Waals surface area contributed by atoms with Gasteiger partial charge in [-0.25, -0.2) is 8.78 Å². The molecule has 0 saturated carbocycles. The van der Waals surface area contributed by atoms with Crippen molar-refractivity contribution in [3.63, 3.8) is 0 Å². The number of carbonyl (C=O) groups is 1. The highest BCUT2D eigenvalue weighted by molar-refractivity contribution is 5.86. The molecule has 2 aliphatic heterocycles. The molecule has 0 radical (unpaired) electrons. The summed E-state index contributed by atoms with van der Waals surface area (Å²) >= 11 is 0. The van der Waals surface area contributed by atoms with Crippen LogP contribution in [0.1, 0.15) is 31.2 Å². The van der Waals surface area contributed by atoms with E-state index in [2.05, 4.69) is 4.90 Å². The van der Waals surface area contributed by atoms with Crippen LogP contribution in [-0.2, 0) is 16.1 Å². The van der Waals surface area contributed by atoms with Crippen LogP contribution in [0.3, 0.4) is 0 Å². The van der Waals surface area contributed by atoms with Gasteiger partial charge in [0.15, 0.2) is 17.2 Å². The Bertz CT molecular complexity index is 650. The van der Waals surface area contributed by atoms with Crippen molar-refractivity contribution >= 4 is 5.91 Å². The fourth-order valence-electron chi connectivity index (χ4n) is 3.89. The quantitative estimate of drug-likeness (QED) is 0.863. The normalized spacial score (nSPS) is 25.7. The van der Waals surface area contributed by atoms with Gasteiger partial charge in [-0.1, -0.05) is 6.07 Å². The number of hydrogen-bond donors (Lipinski definition) is 1. The maximum absolute atomic E-state index is 13.4. The second-order valence-electron chi connectivity index (χ2n) is 7.32. The molecule has 0 aliphatic carbocycles. The molecule has 1 amide bonds. The van der Waals surface area contributed by atoms with E-state index >= 15 is 0 Å². The first kappa shape index (κ1) is 19.2. The Kier molecular flexibility index (Phi) is 5.89. The van der Waals surface area contributed by atoms with E-state index < -0.39 is 17.2 Å². The van der Waals surface area contributed by atoms with Crippen molar-refractivity contribution < 1.29 is 23.4 Å². The highest BCUT2D eigenvalue weighted by Crippen LogP contribution is 2.27. The SMILES string of the molecule is COC1CCN(C[C@@]2(O)CCCN(Cc3ccc(F)c(F)c3)C2=O)CC1. The summed E-state index contributed by atoms with van der Waals surface area (Å²) in [5.74, 6) is -2.17. The number of methoxy groups -OCH3 is 1.